The van der Waals surface area contributed by atoms with Gasteiger partial charge in [-0.05, 0) is 42.8 Å². The lowest BCUT2D eigenvalue weighted by Gasteiger charge is -2.39. The number of pyridine rings is 1. The van der Waals surface area contributed by atoms with Gasteiger partial charge in [-0.2, -0.15) is 5.10 Å². The van der Waals surface area contributed by atoms with Crippen molar-refractivity contribution >= 4 is 23.1 Å². The fraction of sp³-hybridized carbons (Fsp3) is 0.304. The Morgan fingerprint density at radius 1 is 1.03 bits per heavy atom. The minimum atomic E-state index is -0.436. The number of aliphatic imine (C=N–C) groups is 1. The molecule has 7 nitrogen and oxygen atoms in total. The molecule has 1 saturated heterocycles. The summed E-state index contributed by atoms with van der Waals surface area (Å²) >= 11 is 0. The van der Waals surface area contributed by atoms with E-state index < -0.39 is 5.92 Å². The van der Waals surface area contributed by atoms with E-state index in [0.717, 1.165) is 22.8 Å². The number of hydrogen-bond donors (Lipinski definition) is 0. The van der Waals surface area contributed by atoms with Gasteiger partial charge in [0.15, 0.2) is 5.82 Å². The van der Waals surface area contributed by atoms with Gasteiger partial charge in [0.1, 0.15) is 11.7 Å². The van der Waals surface area contributed by atoms with Crippen molar-refractivity contribution in [1.82, 2.24) is 19.7 Å². The summed E-state index contributed by atoms with van der Waals surface area (Å²) in [4.78, 5) is 26.7. The summed E-state index contributed by atoms with van der Waals surface area (Å²) in [6.45, 7) is 4.52. The van der Waals surface area contributed by atoms with Gasteiger partial charge < -0.3 is 9.80 Å². The molecule has 31 heavy (non-hydrogen) atoms. The minimum Gasteiger partial charge on any atom is -0.368 e. The molecule has 2 unspecified atom stereocenters. The number of carbonyl (C=O) groups is 1. The average Bonchev–Trinajstić information content (AvgIpc) is 3.27. The van der Waals surface area contributed by atoms with Gasteiger partial charge in [-0.1, -0.05) is 6.07 Å². The Balaban J connectivity index is 1.38. The predicted molar refractivity (Wildman–Crippen MR) is 116 cm³/mol. The van der Waals surface area contributed by atoms with E-state index in [1.807, 2.05) is 34.7 Å². The van der Waals surface area contributed by atoms with Crippen molar-refractivity contribution in [3.63, 3.8) is 0 Å². The van der Waals surface area contributed by atoms with Crippen LogP contribution in [0.4, 0.5) is 15.9 Å². The van der Waals surface area contributed by atoms with E-state index in [4.69, 9.17) is 0 Å². The van der Waals surface area contributed by atoms with E-state index in [2.05, 4.69) is 20.0 Å². The molecule has 0 N–H and O–H groups in total. The van der Waals surface area contributed by atoms with Crippen molar-refractivity contribution in [2.75, 3.05) is 31.1 Å². The van der Waals surface area contributed by atoms with Crippen LogP contribution in [0, 0.1) is 11.7 Å². The maximum atomic E-state index is 13.7. The maximum Gasteiger partial charge on any atom is 0.234 e. The largest absolute Gasteiger partial charge is 0.368 e. The summed E-state index contributed by atoms with van der Waals surface area (Å²) in [5.74, 6) is 0.115. The second-order valence-electron chi connectivity index (χ2n) is 7.88. The highest BCUT2D eigenvalue weighted by atomic mass is 19.1. The molecular weight excluding hydrogens is 395 g/mol. The zero-order chi connectivity index (χ0) is 21.4. The highest BCUT2D eigenvalue weighted by molar-refractivity contribution is 6.05. The van der Waals surface area contributed by atoms with E-state index in [-0.39, 0.29) is 17.8 Å². The maximum absolute atomic E-state index is 13.7. The van der Waals surface area contributed by atoms with Crippen molar-refractivity contribution in [2.45, 2.75) is 13.0 Å². The third-order valence-electron chi connectivity index (χ3n) is 6.04. The summed E-state index contributed by atoms with van der Waals surface area (Å²) in [6, 6.07) is 11.9. The Morgan fingerprint density at radius 3 is 2.52 bits per heavy atom. The standard InChI is InChI=1S/C23H23FN6O/c1-16-21(22(17-3-2-9-25-15-17)30-20(27-16)8-10-26-30)23(31)29-13-11-28(12-14-29)19-6-4-18(24)5-7-19/h2-10,15,21-22H,11-14H2,1H3. The lowest BCUT2D eigenvalue weighted by Crippen LogP contribution is -2.53. The summed E-state index contributed by atoms with van der Waals surface area (Å²) in [5, 5.41) is 4.46. The Hall–Kier alpha value is -3.55. The molecule has 0 radical (unpaired) electrons. The first kappa shape index (κ1) is 19.4. The quantitative estimate of drug-likeness (QED) is 0.656. The van der Waals surface area contributed by atoms with Crippen molar-refractivity contribution in [3.8, 4) is 0 Å². The zero-order valence-corrected chi connectivity index (χ0v) is 17.2. The first-order valence-electron chi connectivity index (χ1n) is 10.4. The molecule has 2 aliphatic rings. The summed E-state index contributed by atoms with van der Waals surface area (Å²) in [5.41, 5.74) is 2.69. The van der Waals surface area contributed by atoms with Crippen molar-refractivity contribution in [3.05, 3.63) is 72.4 Å². The second-order valence-corrected chi connectivity index (χ2v) is 7.88. The number of halogens is 1. The molecule has 2 atom stereocenters. The van der Waals surface area contributed by atoms with Gasteiger partial charge in [0, 0.05) is 56.0 Å². The molecule has 0 aliphatic carbocycles. The van der Waals surface area contributed by atoms with E-state index in [9.17, 15) is 9.18 Å². The molecule has 4 heterocycles. The molecule has 0 saturated carbocycles. The molecule has 1 aromatic carbocycles. The molecule has 1 amide bonds. The number of amides is 1. The molecule has 5 rings (SSSR count). The molecule has 2 aliphatic heterocycles. The Labute approximate surface area is 179 Å². The zero-order valence-electron chi connectivity index (χ0n) is 17.2. The van der Waals surface area contributed by atoms with Crippen LogP contribution in [0.15, 0.2) is 66.0 Å². The van der Waals surface area contributed by atoms with E-state index >= 15 is 0 Å². The van der Waals surface area contributed by atoms with Gasteiger partial charge in [-0.25, -0.2) is 14.1 Å². The number of hydrogen-bond acceptors (Lipinski definition) is 5. The minimum absolute atomic E-state index is 0.0509. The highest BCUT2D eigenvalue weighted by Gasteiger charge is 2.40. The molecule has 8 heteroatoms. The van der Waals surface area contributed by atoms with Crippen LogP contribution in [0.25, 0.3) is 0 Å². The number of aromatic nitrogens is 3. The van der Waals surface area contributed by atoms with Gasteiger partial charge in [0.2, 0.25) is 5.91 Å². The Kier molecular flexibility index (Phi) is 4.97. The molecule has 0 bridgehead atoms. The molecule has 2 aromatic heterocycles. The predicted octanol–water partition coefficient (Wildman–Crippen LogP) is 3.08. The lowest BCUT2D eigenvalue weighted by molar-refractivity contribution is -0.134. The number of nitrogens with zero attached hydrogens (tertiary/aromatic N) is 6. The molecule has 158 valence electrons. The monoisotopic (exact) mass is 418 g/mol. The SMILES string of the molecule is CC1=Nc2ccnn2C(c2cccnc2)C1C(=O)N1CCN(c2ccc(F)cc2)CC1. The van der Waals surface area contributed by atoms with Crippen LogP contribution in [0.3, 0.4) is 0 Å². The topological polar surface area (TPSA) is 66.6 Å². The van der Waals surface area contributed by atoms with E-state index in [1.54, 1.807) is 30.7 Å². The fourth-order valence-corrected chi connectivity index (χ4v) is 4.46. The second kappa shape index (κ2) is 7.94. The number of fused-ring (bicyclic) bond motifs is 1. The van der Waals surface area contributed by atoms with Crippen molar-refractivity contribution < 1.29 is 9.18 Å². The van der Waals surface area contributed by atoms with Crippen molar-refractivity contribution in [1.29, 1.82) is 0 Å². The summed E-state index contributed by atoms with van der Waals surface area (Å²) in [6.07, 6.45) is 5.23. The molecule has 3 aromatic rings. The number of anilines is 1. The number of rotatable bonds is 3. The normalized spacial score (nSPS) is 20.9. The Bertz CT molecular complexity index is 1100. The van der Waals surface area contributed by atoms with Gasteiger partial charge in [-0.3, -0.25) is 9.78 Å². The first-order valence-corrected chi connectivity index (χ1v) is 10.4. The fourth-order valence-electron chi connectivity index (χ4n) is 4.46. The molecule has 0 spiro atoms. The van der Waals surface area contributed by atoms with Crippen LogP contribution >= 0.6 is 0 Å². The van der Waals surface area contributed by atoms with Crippen molar-refractivity contribution in [2.24, 2.45) is 10.9 Å². The van der Waals surface area contributed by atoms with E-state index in [1.165, 1.54) is 12.1 Å². The summed E-state index contributed by atoms with van der Waals surface area (Å²) < 4.78 is 15.0. The van der Waals surface area contributed by atoms with Crippen LogP contribution in [0.1, 0.15) is 18.5 Å². The summed E-state index contributed by atoms with van der Waals surface area (Å²) in [7, 11) is 0. The van der Waals surface area contributed by atoms with Crippen LogP contribution in [-0.4, -0.2) is 57.5 Å². The first-order chi connectivity index (χ1) is 15.1. The smallest absolute Gasteiger partial charge is 0.234 e. The number of carbonyl (C=O) groups excluding carboxylic acids is 1. The van der Waals surface area contributed by atoms with Crippen LogP contribution in [0.2, 0.25) is 0 Å². The van der Waals surface area contributed by atoms with Gasteiger partial charge >= 0.3 is 0 Å². The number of piperazine rings is 1. The Morgan fingerprint density at radius 2 is 1.81 bits per heavy atom. The van der Waals surface area contributed by atoms with Crippen LogP contribution in [0.5, 0.6) is 0 Å². The highest BCUT2D eigenvalue weighted by Crippen LogP contribution is 2.36. The third kappa shape index (κ3) is 3.58. The molecular formula is C23H23FN6O. The lowest BCUT2D eigenvalue weighted by atomic mass is 9.87. The van der Waals surface area contributed by atoms with Gasteiger partial charge in [-0.15, -0.1) is 0 Å². The van der Waals surface area contributed by atoms with Crippen LogP contribution in [-0.2, 0) is 4.79 Å². The third-order valence-corrected chi connectivity index (χ3v) is 6.04. The van der Waals surface area contributed by atoms with E-state index in [0.29, 0.717) is 26.2 Å². The van der Waals surface area contributed by atoms with Crippen LogP contribution < -0.4 is 4.90 Å². The van der Waals surface area contributed by atoms with Gasteiger partial charge in [0.05, 0.1) is 12.2 Å². The molecule has 1 fully saturated rings. The van der Waals surface area contributed by atoms with Gasteiger partial charge in [0.25, 0.3) is 0 Å². The average molecular weight is 418 g/mol. The number of benzene rings is 1.